The van der Waals surface area contributed by atoms with Crippen molar-refractivity contribution in [3.63, 3.8) is 0 Å². The van der Waals surface area contributed by atoms with Gasteiger partial charge in [-0.1, -0.05) is 23.8 Å². The Hall–Kier alpha value is -1.72. The second-order valence-electron chi connectivity index (χ2n) is 4.91. The fourth-order valence-corrected chi connectivity index (χ4v) is 2.79. The van der Waals surface area contributed by atoms with Gasteiger partial charge in [0.05, 0.1) is 6.61 Å². The first kappa shape index (κ1) is 14.7. The molecule has 0 fully saturated rings. The first-order valence-electron chi connectivity index (χ1n) is 6.46. The van der Waals surface area contributed by atoms with Crippen LogP contribution in [0.3, 0.4) is 0 Å². The van der Waals surface area contributed by atoms with Crippen LogP contribution in [0.25, 0.3) is 10.6 Å². The third-order valence-corrected chi connectivity index (χ3v) is 3.88. The van der Waals surface area contributed by atoms with Crippen molar-refractivity contribution in [1.29, 1.82) is 0 Å². The lowest BCUT2D eigenvalue weighted by Crippen LogP contribution is -2.35. The van der Waals surface area contributed by atoms with Gasteiger partial charge in [0.2, 0.25) is 0 Å². The van der Waals surface area contributed by atoms with Crippen molar-refractivity contribution in [2.45, 2.75) is 26.8 Å². The summed E-state index contributed by atoms with van der Waals surface area (Å²) in [7, 11) is 0. The molecule has 5 heteroatoms. The summed E-state index contributed by atoms with van der Waals surface area (Å²) in [6.45, 7) is 5.75. The van der Waals surface area contributed by atoms with Crippen LogP contribution in [-0.2, 0) is 0 Å². The Morgan fingerprint density at radius 1 is 1.45 bits per heavy atom. The molecule has 1 heterocycles. The first-order valence-corrected chi connectivity index (χ1v) is 7.34. The minimum Gasteiger partial charge on any atom is -0.394 e. The second kappa shape index (κ2) is 6.15. The van der Waals surface area contributed by atoms with Gasteiger partial charge in [-0.25, -0.2) is 4.98 Å². The highest BCUT2D eigenvalue weighted by molar-refractivity contribution is 7.13. The number of nitrogens with zero attached hydrogens (tertiary/aromatic N) is 1. The number of thiazole rings is 1. The molecule has 2 N–H and O–H groups in total. The van der Waals surface area contributed by atoms with Gasteiger partial charge in [0.1, 0.15) is 10.7 Å². The summed E-state index contributed by atoms with van der Waals surface area (Å²) < 4.78 is 0. The number of benzene rings is 1. The molecule has 2 aromatic rings. The Bertz CT molecular complexity index is 622. The molecule has 1 amide bonds. The molecular formula is C15H18N2O2S. The minimum atomic E-state index is -0.270. The quantitative estimate of drug-likeness (QED) is 0.909. The average Bonchev–Trinajstić information content (AvgIpc) is 2.88. The van der Waals surface area contributed by atoms with Gasteiger partial charge in [0.25, 0.3) is 5.91 Å². The molecule has 2 rings (SSSR count). The molecule has 0 radical (unpaired) electrons. The highest BCUT2D eigenvalue weighted by Crippen LogP contribution is 2.27. The Morgan fingerprint density at radius 3 is 2.85 bits per heavy atom. The number of nitrogens with one attached hydrogen (secondary N) is 1. The van der Waals surface area contributed by atoms with Crippen molar-refractivity contribution in [2.75, 3.05) is 6.61 Å². The van der Waals surface area contributed by atoms with E-state index in [-0.39, 0.29) is 18.6 Å². The lowest BCUT2D eigenvalue weighted by molar-refractivity contribution is 0.0918. The Labute approximate surface area is 122 Å². The zero-order valence-corrected chi connectivity index (χ0v) is 12.6. The van der Waals surface area contributed by atoms with Crippen molar-refractivity contribution in [1.82, 2.24) is 10.3 Å². The van der Waals surface area contributed by atoms with Gasteiger partial charge in [-0.05, 0) is 26.3 Å². The Balaban J connectivity index is 2.22. The van der Waals surface area contributed by atoms with E-state index in [9.17, 15) is 4.79 Å². The van der Waals surface area contributed by atoms with Crippen LogP contribution in [0, 0.1) is 13.8 Å². The van der Waals surface area contributed by atoms with Crippen molar-refractivity contribution >= 4 is 17.2 Å². The maximum Gasteiger partial charge on any atom is 0.271 e. The average molecular weight is 290 g/mol. The fourth-order valence-electron chi connectivity index (χ4n) is 1.90. The molecule has 0 bridgehead atoms. The van der Waals surface area contributed by atoms with Crippen LogP contribution < -0.4 is 5.32 Å². The molecule has 0 saturated carbocycles. The smallest absolute Gasteiger partial charge is 0.271 e. The summed E-state index contributed by atoms with van der Waals surface area (Å²) in [5.74, 6) is -0.251. The third-order valence-electron chi connectivity index (χ3n) is 3.00. The monoisotopic (exact) mass is 290 g/mol. The van der Waals surface area contributed by atoms with Crippen LogP contribution in [0.1, 0.15) is 28.5 Å². The van der Waals surface area contributed by atoms with Crippen LogP contribution in [0.2, 0.25) is 0 Å². The maximum absolute atomic E-state index is 11.9. The number of hydrogen-bond acceptors (Lipinski definition) is 4. The molecule has 106 valence electrons. The predicted octanol–water partition coefficient (Wildman–Crippen LogP) is 2.54. The van der Waals surface area contributed by atoms with Gasteiger partial charge in [0, 0.05) is 17.0 Å². The molecule has 1 aromatic carbocycles. The highest BCUT2D eigenvalue weighted by Gasteiger charge is 2.14. The lowest BCUT2D eigenvalue weighted by atomic mass is 10.1. The van der Waals surface area contributed by atoms with Crippen LogP contribution >= 0.6 is 11.3 Å². The van der Waals surface area contributed by atoms with E-state index in [1.807, 2.05) is 26.0 Å². The number of amides is 1. The molecule has 20 heavy (non-hydrogen) atoms. The van der Waals surface area contributed by atoms with Gasteiger partial charge in [-0.2, -0.15) is 0 Å². The number of aliphatic hydroxyl groups excluding tert-OH is 1. The van der Waals surface area contributed by atoms with Crippen molar-refractivity contribution < 1.29 is 9.90 Å². The Kier molecular flexibility index (Phi) is 4.52. The summed E-state index contributed by atoms with van der Waals surface area (Å²) in [4.78, 5) is 16.3. The topological polar surface area (TPSA) is 62.2 Å². The van der Waals surface area contributed by atoms with E-state index < -0.39 is 0 Å². The third kappa shape index (κ3) is 3.23. The molecule has 1 unspecified atom stereocenters. The number of carbonyl (C=O) groups is 1. The zero-order valence-electron chi connectivity index (χ0n) is 11.8. The largest absolute Gasteiger partial charge is 0.394 e. The molecule has 0 aliphatic heterocycles. The van der Waals surface area contributed by atoms with Crippen LogP contribution in [0.5, 0.6) is 0 Å². The number of aryl methyl sites for hydroxylation is 2. The zero-order chi connectivity index (χ0) is 14.7. The van der Waals surface area contributed by atoms with Gasteiger partial charge in [-0.15, -0.1) is 11.3 Å². The highest BCUT2D eigenvalue weighted by atomic mass is 32.1. The standard InChI is InChI=1S/C15H18N2O2S/c1-9-4-5-12(10(2)6-9)15-17-13(8-20-15)14(19)16-11(3)7-18/h4-6,8,11,18H,7H2,1-3H3,(H,16,19). The summed E-state index contributed by atoms with van der Waals surface area (Å²) >= 11 is 1.45. The number of aliphatic hydroxyl groups is 1. The minimum absolute atomic E-state index is 0.0835. The molecule has 0 spiro atoms. The molecule has 1 atom stereocenters. The van der Waals surface area contributed by atoms with Gasteiger partial charge in [0.15, 0.2) is 0 Å². The molecule has 0 aliphatic rings. The van der Waals surface area contributed by atoms with E-state index in [0.29, 0.717) is 5.69 Å². The Morgan fingerprint density at radius 2 is 2.20 bits per heavy atom. The second-order valence-corrected chi connectivity index (χ2v) is 5.77. The molecule has 4 nitrogen and oxygen atoms in total. The fraction of sp³-hybridized carbons (Fsp3) is 0.333. The predicted molar refractivity (Wildman–Crippen MR) is 81.0 cm³/mol. The first-order chi connectivity index (χ1) is 9.51. The molecule has 1 aromatic heterocycles. The van der Waals surface area contributed by atoms with E-state index in [2.05, 4.69) is 16.4 Å². The van der Waals surface area contributed by atoms with Gasteiger partial charge >= 0.3 is 0 Å². The van der Waals surface area contributed by atoms with Crippen molar-refractivity contribution in [3.05, 3.63) is 40.4 Å². The summed E-state index contributed by atoms with van der Waals surface area (Å²) in [5.41, 5.74) is 3.80. The maximum atomic E-state index is 11.9. The van der Waals surface area contributed by atoms with E-state index >= 15 is 0 Å². The number of rotatable bonds is 4. The van der Waals surface area contributed by atoms with E-state index in [4.69, 9.17) is 5.11 Å². The van der Waals surface area contributed by atoms with Gasteiger partial charge < -0.3 is 10.4 Å². The number of aromatic nitrogens is 1. The van der Waals surface area contributed by atoms with Crippen LogP contribution in [0.15, 0.2) is 23.6 Å². The summed E-state index contributed by atoms with van der Waals surface area (Å²) in [6.07, 6.45) is 0. The molecule has 0 saturated heterocycles. The summed E-state index contributed by atoms with van der Waals surface area (Å²) in [5, 5.41) is 14.2. The van der Waals surface area contributed by atoms with Crippen molar-refractivity contribution in [3.8, 4) is 10.6 Å². The van der Waals surface area contributed by atoms with Gasteiger partial charge in [-0.3, -0.25) is 4.79 Å². The SMILES string of the molecule is Cc1ccc(-c2nc(C(=O)NC(C)CO)cs2)c(C)c1. The normalized spacial score (nSPS) is 12.2. The van der Waals surface area contributed by atoms with E-state index in [1.165, 1.54) is 16.9 Å². The van der Waals surface area contributed by atoms with E-state index in [0.717, 1.165) is 16.1 Å². The lowest BCUT2D eigenvalue weighted by Gasteiger charge is -2.08. The van der Waals surface area contributed by atoms with E-state index in [1.54, 1.807) is 12.3 Å². The molecular weight excluding hydrogens is 272 g/mol. The number of hydrogen-bond donors (Lipinski definition) is 2. The molecule has 0 aliphatic carbocycles. The van der Waals surface area contributed by atoms with Crippen molar-refractivity contribution in [2.24, 2.45) is 0 Å². The van der Waals surface area contributed by atoms with Crippen LogP contribution in [0.4, 0.5) is 0 Å². The number of carbonyl (C=O) groups excluding carboxylic acids is 1. The summed E-state index contributed by atoms with van der Waals surface area (Å²) in [6, 6.07) is 5.90. The van der Waals surface area contributed by atoms with Crippen LogP contribution in [-0.4, -0.2) is 28.6 Å².